The minimum atomic E-state index is -0.563. The molecule has 2 aromatic rings. The summed E-state index contributed by atoms with van der Waals surface area (Å²) >= 11 is 0. The van der Waals surface area contributed by atoms with Crippen molar-refractivity contribution in [1.29, 1.82) is 0 Å². The van der Waals surface area contributed by atoms with Gasteiger partial charge in [0.1, 0.15) is 11.5 Å². The van der Waals surface area contributed by atoms with Crippen LogP contribution in [-0.4, -0.2) is 26.0 Å². The van der Waals surface area contributed by atoms with Crippen LogP contribution in [0.4, 0.5) is 0 Å². The van der Waals surface area contributed by atoms with E-state index in [0.29, 0.717) is 32.4 Å². The molecule has 2 rings (SSSR count). The second-order valence-electron chi connectivity index (χ2n) is 4.57. The smallest absolute Gasteiger partial charge is 0.250 e. The largest absolute Gasteiger partial charge is 0.496 e. The van der Waals surface area contributed by atoms with Gasteiger partial charge < -0.3 is 20.9 Å². The second-order valence-corrected chi connectivity index (χ2v) is 6.72. The van der Waals surface area contributed by atoms with Crippen molar-refractivity contribution in [3.05, 3.63) is 47.5 Å². The summed E-state index contributed by atoms with van der Waals surface area (Å²) in [7, 11) is 5.50. The molecule has 0 saturated carbocycles. The number of benzene rings is 2. The van der Waals surface area contributed by atoms with Crippen LogP contribution in [0.15, 0.2) is 46.2 Å². The molecule has 0 fully saturated rings. The first kappa shape index (κ1) is 18.0. The fourth-order valence-electron chi connectivity index (χ4n) is 2.00. The lowest BCUT2D eigenvalue weighted by Gasteiger charge is -2.14. The molecule has 4 N–H and O–H groups in total. The van der Waals surface area contributed by atoms with Crippen molar-refractivity contribution in [2.24, 2.45) is 11.5 Å². The molecule has 0 heterocycles. The van der Waals surface area contributed by atoms with Crippen LogP contribution in [0.3, 0.4) is 0 Å². The van der Waals surface area contributed by atoms with Crippen LogP contribution in [-0.2, 0) is 0 Å². The van der Waals surface area contributed by atoms with Gasteiger partial charge in [0.25, 0.3) is 0 Å². The van der Waals surface area contributed by atoms with E-state index in [1.54, 1.807) is 36.4 Å². The highest BCUT2D eigenvalue weighted by atomic mass is 33.1. The molecule has 0 spiro atoms. The van der Waals surface area contributed by atoms with Crippen LogP contribution in [0.25, 0.3) is 0 Å². The Morgan fingerprint density at radius 2 is 1.17 bits per heavy atom. The zero-order valence-electron chi connectivity index (χ0n) is 13.1. The van der Waals surface area contributed by atoms with E-state index < -0.39 is 11.8 Å². The van der Waals surface area contributed by atoms with E-state index in [-0.39, 0.29) is 0 Å². The molecule has 2 amide bonds. The molecule has 0 bridgehead atoms. The Hall–Kier alpha value is -2.32. The predicted molar refractivity (Wildman–Crippen MR) is 94.7 cm³/mol. The van der Waals surface area contributed by atoms with Gasteiger partial charge in [-0.05, 0) is 45.9 Å². The van der Waals surface area contributed by atoms with Gasteiger partial charge in [0.05, 0.1) is 35.1 Å². The van der Waals surface area contributed by atoms with E-state index in [2.05, 4.69) is 0 Å². The van der Waals surface area contributed by atoms with Crippen LogP contribution in [0.5, 0.6) is 11.5 Å². The van der Waals surface area contributed by atoms with E-state index >= 15 is 0 Å². The van der Waals surface area contributed by atoms with Crippen molar-refractivity contribution in [3.8, 4) is 11.5 Å². The third kappa shape index (κ3) is 3.77. The quantitative estimate of drug-likeness (QED) is 0.732. The third-order valence-electron chi connectivity index (χ3n) is 3.14. The first-order chi connectivity index (χ1) is 11.5. The standard InChI is InChI=1S/C16H16N2O4S2/c1-21-11-7-3-5-9(15(17)19)13(11)23-24-14-10(16(18)20)6-4-8-12(14)22-2/h3-8H,1-2H3,(H2,17,19)(H2,18,20). The lowest BCUT2D eigenvalue weighted by molar-refractivity contribution is 0.0988. The monoisotopic (exact) mass is 364 g/mol. The fraction of sp³-hybridized carbons (Fsp3) is 0.125. The molecule has 0 aliphatic carbocycles. The summed E-state index contributed by atoms with van der Waals surface area (Å²) in [5.41, 5.74) is 11.5. The molecule has 0 aliphatic heterocycles. The number of carbonyl (C=O) groups excluding carboxylic acids is 2. The van der Waals surface area contributed by atoms with Gasteiger partial charge in [0.15, 0.2) is 0 Å². The molecular formula is C16H16N2O4S2. The average Bonchev–Trinajstić information content (AvgIpc) is 2.58. The lowest BCUT2D eigenvalue weighted by atomic mass is 10.2. The van der Waals surface area contributed by atoms with Crippen molar-refractivity contribution < 1.29 is 19.1 Å². The Bertz CT molecular complexity index is 715. The van der Waals surface area contributed by atoms with Crippen molar-refractivity contribution in [1.82, 2.24) is 0 Å². The van der Waals surface area contributed by atoms with Crippen molar-refractivity contribution >= 4 is 33.4 Å². The number of rotatable bonds is 7. The van der Waals surface area contributed by atoms with Gasteiger partial charge in [-0.3, -0.25) is 9.59 Å². The number of amides is 2. The van der Waals surface area contributed by atoms with Crippen LogP contribution in [0.2, 0.25) is 0 Å². The van der Waals surface area contributed by atoms with Gasteiger partial charge in [-0.1, -0.05) is 12.1 Å². The maximum atomic E-state index is 11.6. The summed E-state index contributed by atoms with van der Waals surface area (Å²) < 4.78 is 10.6. The predicted octanol–water partition coefficient (Wildman–Crippen LogP) is 2.70. The Kier molecular flexibility index (Phi) is 5.99. The third-order valence-corrected chi connectivity index (χ3v) is 5.65. The first-order valence-corrected chi connectivity index (χ1v) is 8.92. The van der Waals surface area contributed by atoms with Gasteiger partial charge in [-0.15, -0.1) is 0 Å². The highest BCUT2D eigenvalue weighted by Gasteiger charge is 2.19. The van der Waals surface area contributed by atoms with Gasteiger partial charge in [-0.2, -0.15) is 0 Å². The van der Waals surface area contributed by atoms with Crippen molar-refractivity contribution in [3.63, 3.8) is 0 Å². The number of hydrogen-bond acceptors (Lipinski definition) is 6. The molecule has 0 radical (unpaired) electrons. The van der Waals surface area contributed by atoms with Gasteiger partial charge in [-0.25, -0.2) is 0 Å². The highest BCUT2D eigenvalue weighted by molar-refractivity contribution is 8.76. The van der Waals surface area contributed by atoms with Crippen molar-refractivity contribution in [2.45, 2.75) is 9.79 Å². The average molecular weight is 364 g/mol. The molecule has 0 aromatic heterocycles. The number of ether oxygens (including phenoxy) is 2. The molecule has 24 heavy (non-hydrogen) atoms. The van der Waals surface area contributed by atoms with Gasteiger partial charge in [0.2, 0.25) is 11.8 Å². The number of nitrogens with two attached hydrogens (primary N) is 2. The van der Waals surface area contributed by atoms with Crippen LogP contribution in [0, 0.1) is 0 Å². The van der Waals surface area contributed by atoms with E-state index in [1.807, 2.05) is 0 Å². The van der Waals surface area contributed by atoms with E-state index in [0.717, 1.165) is 0 Å². The number of carbonyl (C=O) groups is 2. The molecule has 0 unspecified atom stereocenters. The minimum Gasteiger partial charge on any atom is -0.496 e. The maximum Gasteiger partial charge on any atom is 0.250 e. The molecule has 6 nitrogen and oxygen atoms in total. The molecule has 2 aromatic carbocycles. The summed E-state index contributed by atoms with van der Waals surface area (Å²) in [6, 6.07) is 10.1. The summed E-state index contributed by atoms with van der Waals surface area (Å²) in [5, 5.41) is 0. The maximum absolute atomic E-state index is 11.6. The molecular weight excluding hydrogens is 348 g/mol. The Balaban J connectivity index is 2.42. The van der Waals surface area contributed by atoms with E-state index in [4.69, 9.17) is 20.9 Å². The summed E-state index contributed by atoms with van der Waals surface area (Å²) in [5.74, 6) is -0.0991. The number of methoxy groups -OCH3 is 2. The topological polar surface area (TPSA) is 105 Å². The summed E-state index contributed by atoms with van der Waals surface area (Å²) in [6.45, 7) is 0. The molecule has 0 aliphatic rings. The first-order valence-electron chi connectivity index (χ1n) is 6.77. The summed E-state index contributed by atoms with van der Waals surface area (Å²) in [6.07, 6.45) is 0. The SMILES string of the molecule is COc1cccc(C(N)=O)c1SSc1c(OC)cccc1C(N)=O. The fourth-order valence-corrected chi connectivity index (χ4v) is 4.68. The molecule has 126 valence electrons. The van der Waals surface area contributed by atoms with Crippen LogP contribution < -0.4 is 20.9 Å². The zero-order valence-corrected chi connectivity index (χ0v) is 14.7. The molecule has 0 saturated heterocycles. The van der Waals surface area contributed by atoms with E-state index in [9.17, 15) is 9.59 Å². The van der Waals surface area contributed by atoms with Gasteiger partial charge >= 0.3 is 0 Å². The minimum absolute atomic E-state index is 0.336. The molecule has 0 atom stereocenters. The highest BCUT2D eigenvalue weighted by Crippen LogP contribution is 2.47. The molecule has 8 heteroatoms. The van der Waals surface area contributed by atoms with Crippen LogP contribution in [0.1, 0.15) is 20.7 Å². The Morgan fingerprint density at radius 1 is 0.792 bits per heavy atom. The van der Waals surface area contributed by atoms with Crippen molar-refractivity contribution in [2.75, 3.05) is 14.2 Å². The van der Waals surface area contributed by atoms with Gasteiger partial charge in [0, 0.05) is 0 Å². The normalized spacial score (nSPS) is 10.2. The lowest BCUT2D eigenvalue weighted by Crippen LogP contribution is -2.13. The van der Waals surface area contributed by atoms with Crippen LogP contribution >= 0.6 is 21.6 Å². The number of primary amides is 2. The number of hydrogen-bond donors (Lipinski definition) is 2. The van der Waals surface area contributed by atoms with E-state index in [1.165, 1.54) is 35.8 Å². The Morgan fingerprint density at radius 3 is 1.46 bits per heavy atom. The zero-order chi connectivity index (χ0) is 17.7. The second kappa shape index (κ2) is 7.98. The summed E-state index contributed by atoms with van der Waals surface area (Å²) in [4.78, 5) is 24.4. The Labute approximate surface area is 147 Å².